The van der Waals surface area contributed by atoms with Crippen molar-refractivity contribution in [3.63, 3.8) is 0 Å². The molecule has 2 heterocycles. The number of sulfone groups is 1. The van der Waals surface area contributed by atoms with E-state index in [2.05, 4.69) is 5.32 Å². The number of ether oxygens (including phenoxy) is 1. The molecule has 0 bridgehead atoms. The zero-order valence-corrected chi connectivity index (χ0v) is 14.4. The molecule has 0 amide bonds. The Bertz CT molecular complexity index is 855. The van der Waals surface area contributed by atoms with Crippen molar-refractivity contribution >= 4 is 22.2 Å². The maximum atomic E-state index is 13.0. The Morgan fingerprint density at radius 1 is 1.08 bits per heavy atom. The largest absolute Gasteiger partial charge is 0.488 e. The van der Waals surface area contributed by atoms with Crippen molar-refractivity contribution in [3.8, 4) is 5.75 Å². The number of benzene rings is 2. The molecule has 2 aromatic carbocycles. The van der Waals surface area contributed by atoms with Crippen molar-refractivity contribution in [2.45, 2.75) is 28.2 Å². The van der Waals surface area contributed by atoms with E-state index in [1.807, 2.05) is 6.07 Å². The molecule has 0 aliphatic carbocycles. The smallest absolute Gasteiger partial charge is 0.206 e. The van der Waals surface area contributed by atoms with Crippen molar-refractivity contribution in [2.24, 2.45) is 0 Å². The molecule has 0 radical (unpaired) electrons. The van der Waals surface area contributed by atoms with Crippen LogP contribution in [0.25, 0.3) is 0 Å². The highest BCUT2D eigenvalue weighted by atomic mass is 35.5. The number of nitrogens with one attached hydrogen (secondary N) is 1. The lowest BCUT2D eigenvalue weighted by molar-refractivity contribution is 0.176. The first-order chi connectivity index (χ1) is 11.1. The summed E-state index contributed by atoms with van der Waals surface area (Å²) in [5.41, 5.74) is 1.08. The number of hydrogen-bond donors (Lipinski definition) is 1. The van der Waals surface area contributed by atoms with E-state index in [1.54, 1.807) is 12.1 Å². The van der Waals surface area contributed by atoms with Crippen LogP contribution in [0.2, 0.25) is 0 Å². The summed E-state index contributed by atoms with van der Waals surface area (Å²) in [5.74, 6) is 0.513. The van der Waals surface area contributed by atoms with Crippen molar-refractivity contribution in [1.82, 2.24) is 5.32 Å². The van der Waals surface area contributed by atoms with Gasteiger partial charge in [0.05, 0.1) is 9.79 Å². The molecule has 4 nitrogen and oxygen atoms in total. The monoisotopic (exact) mass is 369 g/mol. The van der Waals surface area contributed by atoms with E-state index in [0.717, 1.165) is 37.2 Å². The maximum Gasteiger partial charge on any atom is 0.206 e. The second-order valence-corrected chi connectivity index (χ2v) is 7.86. The van der Waals surface area contributed by atoms with E-state index >= 15 is 0 Å². The normalized spacial score (nSPS) is 22.0. The molecule has 128 valence electrons. The SMILES string of the molecule is Cl.O=S(=O)(c1ccc(F)cc1)c1ccc2c(c1)O[C@H]1CNCC[C@@H]21. The van der Waals surface area contributed by atoms with Gasteiger partial charge in [-0.25, -0.2) is 12.8 Å². The first-order valence-corrected chi connectivity index (χ1v) is 9.06. The maximum absolute atomic E-state index is 13.0. The lowest BCUT2D eigenvalue weighted by Crippen LogP contribution is -2.39. The Balaban J connectivity index is 0.00000169. The van der Waals surface area contributed by atoms with E-state index in [9.17, 15) is 12.8 Å². The molecular weight excluding hydrogens is 353 g/mol. The molecule has 2 aromatic rings. The van der Waals surface area contributed by atoms with Crippen LogP contribution in [0.15, 0.2) is 52.3 Å². The highest BCUT2D eigenvalue weighted by Gasteiger charge is 2.36. The fourth-order valence-electron chi connectivity index (χ4n) is 3.31. The van der Waals surface area contributed by atoms with Gasteiger partial charge in [0.1, 0.15) is 17.7 Å². The quantitative estimate of drug-likeness (QED) is 0.827. The van der Waals surface area contributed by atoms with Gasteiger partial charge in [0.25, 0.3) is 0 Å². The Morgan fingerprint density at radius 3 is 2.54 bits per heavy atom. The Kier molecular flexibility index (Phi) is 4.55. The zero-order valence-electron chi connectivity index (χ0n) is 12.7. The lowest BCUT2D eigenvalue weighted by Gasteiger charge is -2.24. The highest BCUT2D eigenvalue weighted by Crippen LogP contribution is 2.42. The van der Waals surface area contributed by atoms with Gasteiger partial charge in [0.2, 0.25) is 9.84 Å². The Labute approximate surface area is 146 Å². The van der Waals surface area contributed by atoms with E-state index in [4.69, 9.17) is 4.74 Å². The van der Waals surface area contributed by atoms with Crippen LogP contribution in [0.1, 0.15) is 17.9 Å². The van der Waals surface area contributed by atoms with Crippen LogP contribution in [0, 0.1) is 5.82 Å². The van der Waals surface area contributed by atoms with Gasteiger partial charge in [-0.15, -0.1) is 12.4 Å². The predicted molar refractivity (Wildman–Crippen MR) is 90.2 cm³/mol. The van der Waals surface area contributed by atoms with Gasteiger partial charge in [-0.3, -0.25) is 0 Å². The van der Waals surface area contributed by atoms with Crippen LogP contribution in [0.3, 0.4) is 0 Å². The third-order valence-electron chi connectivity index (χ3n) is 4.52. The molecule has 1 fully saturated rings. The minimum absolute atomic E-state index is 0. The summed E-state index contributed by atoms with van der Waals surface area (Å²) in [7, 11) is -3.67. The van der Waals surface area contributed by atoms with Crippen molar-refractivity contribution in [3.05, 3.63) is 53.8 Å². The van der Waals surface area contributed by atoms with Gasteiger partial charge in [0, 0.05) is 18.0 Å². The molecule has 4 rings (SSSR count). The van der Waals surface area contributed by atoms with E-state index in [1.165, 1.54) is 12.1 Å². The van der Waals surface area contributed by atoms with Crippen LogP contribution in [0.4, 0.5) is 4.39 Å². The second kappa shape index (κ2) is 6.35. The fraction of sp³-hybridized carbons (Fsp3) is 0.294. The molecule has 0 spiro atoms. The highest BCUT2D eigenvalue weighted by molar-refractivity contribution is 7.91. The molecule has 1 saturated heterocycles. The minimum atomic E-state index is -3.67. The van der Waals surface area contributed by atoms with Crippen LogP contribution in [-0.2, 0) is 9.84 Å². The summed E-state index contributed by atoms with van der Waals surface area (Å²) in [6.45, 7) is 1.72. The number of halogens is 2. The topological polar surface area (TPSA) is 55.4 Å². The van der Waals surface area contributed by atoms with Gasteiger partial charge in [-0.2, -0.15) is 0 Å². The molecule has 1 N–H and O–H groups in total. The first-order valence-electron chi connectivity index (χ1n) is 7.58. The molecule has 0 saturated carbocycles. The molecule has 2 aliphatic rings. The third-order valence-corrected chi connectivity index (χ3v) is 6.29. The number of fused-ring (bicyclic) bond motifs is 3. The van der Waals surface area contributed by atoms with Gasteiger partial charge in [0.15, 0.2) is 0 Å². The average Bonchev–Trinajstić information content (AvgIpc) is 2.93. The molecule has 24 heavy (non-hydrogen) atoms. The lowest BCUT2D eigenvalue weighted by atomic mass is 9.90. The zero-order chi connectivity index (χ0) is 16.0. The van der Waals surface area contributed by atoms with E-state index < -0.39 is 15.7 Å². The predicted octanol–water partition coefficient (Wildman–Crippen LogP) is 2.92. The first kappa shape index (κ1) is 17.2. The Morgan fingerprint density at radius 2 is 1.79 bits per heavy atom. The van der Waals surface area contributed by atoms with Gasteiger partial charge >= 0.3 is 0 Å². The minimum Gasteiger partial charge on any atom is -0.488 e. The summed E-state index contributed by atoms with van der Waals surface area (Å²) >= 11 is 0. The van der Waals surface area contributed by atoms with Gasteiger partial charge in [-0.1, -0.05) is 6.07 Å². The number of piperidine rings is 1. The summed E-state index contributed by atoms with van der Waals surface area (Å²) < 4.78 is 44.3. The third kappa shape index (κ3) is 2.79. The molecular formula is C17H17ClFNO3S. The standard InChI is InChI=1S/C17H16FNO3S.ClH/c18-11-1-3-12(4-2-11)23(20,21)13-5-6-14-15-7-8-19-10-17(15)22-16(14)9-13;/h1-6,9,15,17,19H,7-8,10H2;1H/t15-,17-;/m0./s1. The summed E-state index contributed by atoms with van der Waals surface area (Å²) in [6.07, 6.45) is 1.06. The van der Waals surface area contributed by atoms with Crippen LogP contribution in [0.5, 0.6) is 5.75 Å². The van der Waals surface area contributed by atoms with Gasteiger partial charge in [-0.05, 0) is 49.4 Å². The average molecular weight is 370 g/mol. The fourth-order valence-corrected chi connectivity index (χ4v) is 4.59. The second-order valence-electron chi connectivity index (χ2n) is 5.91. The van der Waals surface area contributed by atoms with Crippen LogP contribution >= 0.6 is 12.4 Å². The number of rotatable bonds is 2. The molecule has 2 atom stereocenters. The van der Waals surface area contributed by atoms with Crippen molar-refractivity contribution in [2.75, 3.05) is 13.1 Å². The Hall–Kier alpha value is -1.63. The van der Waals surface area contributed by atoms with Gasteiger partial charge < -0.3 is 10.1 Å². The van der Waals surface area contributed by atoms with E-state index in [-0.39, 0.29) is 28.3 Å². The summed E-state index contributed by atoms with van der Waals surface area (Å²) in [6, 6.07) is 9.91. The summed E-state index contributed by atoms with van der Waals surface area (Å²) in [5, 5.41) is 3.29. The summed E-state index contributed by atoms with van der Waals surface area (Å²) in [4.78, 5) is 0.255. The molecule has 0 aromatic heterocycles. The molecule has 2 aliphatic heterocycles. The van der Waals surface area contributed by atoms with Crippen molar-refractivity contribution in [1.29, 1.82) is 0 Å². The number of hydrogen-bond acceptors (Lipinski definition) is 4. The van der Waals surface area contributed by atoms with Crippen LogP contribution in [-0.4, -0.2) is 27.6 Å². The van der Waals surface area contributed by atoms with Crippen LogP contribution < -0.4 is 10.1 Å². The molecule has 0 unspecified atom stereocenters. The molecule has 7 heteroatoms. The van der Waals surface area contributed by atoms with E-state index in [0.29, 0.717) is 11.7 Å². The van der Waals surface area contributed by atoms with Crippen molar-refractivity contribution < 1.29 is 17.5 Å².